The van der Waals surface area contributed by atoms with E-state index in [1.165, 1.54) is 22.1 Å². The zero-order valence-corrected chi connectivity index (χ0v) is 16.3. The number of amides is 1. The Labute approximate surface area is 160 Å². The molecule has 0 radical (unpaired) electrons. The molecule has 2 aromatic rings. The predicted molar refractivity (Wildman–Crippen MR) is 99.4 cm³/mol. The van der Waals surface area contributed by atoms with Crippen LogP contribution in [0.5, 0.6) is 0 Å². The van der Waals surface area contributed by atoms with Crippen LogP contribution in [-0.2, 0) is 29.4 Å². The maximum Gasteiger partial charge on any atom is 0.358 e. The van der Waals surface area contributed by atoms with E-state index >= 15 is 0 Å². The minimum atomic E-state index is -0.588. The fourth-order valence-corrected chi connectivity index (χ4v) is 4.34. The SMILES string of the molecule is CCOC(=O)c1cc(C(=O)Nc2sc3c(c2C(=O)OCC)CCC3)n(C)n1. The van der Waals surface area contributed by atoms with Crippen molar-refractivity contribution in [2.45, 2.75) is 33.1 Å². The van der Waals surface area contributed by atoms with Gasteiger partial charge in [0.25, 0.3) is 5.91 Å². The van der Waals surface area contributed by atoms with Crippen molar-refractivity contribution in [1.82, 2.24) is 9.78 Å². The number of hydrogen-bond donors (Lipinski definition) is 1. The minimum Gasteiger partial charge on any atom is -0.462 e. The summed E-state index contributed by atoms with van der Waals surface area (Å²) in [5, 5.41) is 7.28. The number of aryl methyl sites for hydroxylation is 2. The summed E-state index contributed by atoms with van der Waals surface area (Å²) in [5.74, 6) is -1.47. The second kappa shape index (κ2) is 7.91. The van der Waals surface area contributed by atoms with Gasteiger partial charge in [-0.25, -0.2) is 9.59 Å². The molecule has 3 rings (SSSR count). The lowest BCUT2D eigenvalue weighted by Gasteiger charge is -2.08. The summed E-state index contributed by atoms with van der Waals surface area (Å²) < 4.78 is 11.4. The normalized spacial score (nSPS) is 12.6. The molecule has 8 nitrogen and oxygen atoms in total. The van der Waals surface area contributed by atoms with Gasteiger partial charge in [0.15, 0.2) is 5.69 Å². The van der Waals surface area contributed by atoms with Crippen LogP contribution in [0, 0.1) is 0 Å². The lowest BCUT2D eigenvalue weighted by atomic mass is 10.1. The van der Waals surface area contributed by atoms with Gasteiger partial charge in [0.1, 0.15) is 10.7 Å². The Morgan fingerprint density at radius 2 is 1.89 bits per heavy atom. The van der Waals surface area contributed by atoms with Crippen LogP contribution >= 0.6 is 11.3 Å². The number of carbonyl (C=O) groups excluding carboxylic acids is 3. The standard InChI is InChI=1S/C18H21N3O5S/c1-4-25-17(23)11-9-12(21(3)20-11)15(22)19-16-14(18(24)26-5-2)10-7-6-8-13(10)27-16/h9H,4-8H2,1-3H3,(H,19,22). The molecular formula is C18H21N3O5S. The van der Waals surface area contributed by atoms with Crippen LogP contribution in [0.1, 0.15) is 62.0 Å². The minimum absolute atomic E-state index is 0.0591. The van der Waals surface area contributed by atoms with E-state index in [9.17, 15) is 14.4 Å². The number of thiophene rings is 1. The van der Waals surface area contributed by atoms with Gasteiger partial charge in [0.2, 0.25) is 0 Å². The van der Waals surface area contributed by atoms with Crippen LogP contribution < -0.4 is 5.32 Å². The third kappa shape index (κ3) is 3.73. The molecule has 0 aliphatic heterocycles. The Morgan fingerprint density at radius 3 is 2.59 bits per heavy atom. The van der Waals surface area contributed by atoms with Crippen molar-refractivity contribution in [3.05, 3.63) is 33.5 Å². The van der Waals surface area contributed by atoms with Crippen LogP contribution in [0.3, 0.4) is 0 Å². The van der Waals surface area contributed by atoms with Crippen molar-refractivity contribution in [3.8, 4) is 0 Å². The summed E-state index contributed by atoms with van der Waals surface area (Å²) in [6.45, 7) is 3.93. The average Bonchev–Trinajstić information content (AvgIpc) is 3.29. The van der Waals surface area contributed by atoms with Gasteiger partial charge in [-0.1, -0.05) is 0 Å². The lowest BCUT2D eigenvalue weighted by molar-refractivity contribution is 0.0512. The van der Waals surface area contributed by atoms with E-state index in [1.54, 1.807) is 20.9 Å². The Hall–Kier alpha value is -2.68. The molecule has 1 amide bonds. The van der Waals surface area contributed by atoms with Crippen LogP contribution in [0.25, 0.3) is 0 Å². The molecular weight excluding hydrogens is 370 g/mol. The van der Waals surface area contributed by atoms with Gasteiger partial charge < -0.3 is 14.8 Å². The highest BCUT2D eigenvalue weighted by Crippen LogP contribution is 2.39. The molecule has 0 fully saturated rings. The van der Waals surface area contributed by atoms with Crippen molar-refractivity contribution in [2.75, 3.05) is 18.5 Å². The second-order valence-corrected chi connectivity index (χ2v) is 7.10. The van der Waals surface area contributed by atoms with Gasteiger partial charge in [-0.2, -0.15) is 5.10 Å². The molecule has 1 aliphatic rings. The fraction of sp³-hybridized carbons (Fsp3) is 0.444. The van der Waals surface area contributed by atoms with E-state index in [0.29, 0.717) is 10.6 Å². The van der Waals surface area contributed by atoms with Crippen molar-refractivity contribution in [1.29, 1.82) is 0 Å². The number of nitrogens with one attached hydrogen (secondary N) is 1. The first-order valence-corrected chi connectivity index (χ1v) is 9.62. The Balaban J connectivity index is 1.87. The van der Waals surface area contributed by atoms with Crippen LogP contribution in [0.2, 0.25) is 0 Å². The zero-order chi connectivity index (χ0) is 19.6. The molecule has 9 heteroatoms. The highest BCUT2D eigenvalue weighted by molar-refractivity contribution is 7.17. The van der Waals surface area contributed by atoms with E-state index in [2.05, 4.69) is 10.4 Å². The first-order valence-electron chi connectivity index (χ1n) is 8.80. The Bertz CT molecular complexity index is 899. The molecule has 0 atom stereocenters. The Morgan fingerprint density at radius 1 is 1.19 bits per heavy atom. The van der Waals surface area contributed by atoms with Gasteiger partial charge in [-0.05, 0) is 38.7 Å². The lowest BCUT2D eigenvalue weighted by Crippen LogP contribution is -2.18. The molecule has 0 saturated carbocycles. The first-order chi connectivity index (χ1) is 13.0. The third-order valence-corrected chi connectivity index (χ3v) is 5.43. The maximum atomic E-state index is 12.7. The molecule has 0 unspecified atom stereocenters. The number of fused-ring (bicyclic) bond motifs is 1. The van der Waals surface area contributed by atoms with Crippen molar-refractivity contribution in [3.63, 3.8) is 0 Å². The number of carbonyl (C=O) groups is 3. The predicted octanol–water partition coefficient (Wildman–Crippen LogP) is 2.58. The number of anilines is 1. The number of rotatable bonds is 6. The zero-order valence-electron chi connectivity index (χ0n) is 15.5. The topological polar surface area (TPSA) is 99.5 Å². The van der Waals surface area contributed by atoms with Crippen molar-refractivity contribution >= 4 is 34.2 Å². The largest absolute Gasteiger partial charge is 0.462 e. The van der Waals surface area contributed by atoms with Gasteiger partial charge in [-0.3, -0.25) is 9.48 Å². The molecule has 0 spiro atoms. The summed E-state index contributed by atoms with van der Waals surface area (Å²) in [4.78, 5) is 38.0. The summed E-state index contributed by atoms with van der Waals surface area (Å²) in [6.07, 6.45) is 2.68. The molecule has 27 heavy (non-hydrogen) atoms. The van der Waals surface area contributed by atoms with Gasteiger partial charge in [-0.15, -0.1) is 11.3 Å². The molecule has 1 aliphatic carbocycles. The monoisotopic (exact) mass is 391 g/mol. The number of ether oxygens (including phenoxy) is 2. The Kier molecular flexibility index (Phi) is 5.59. The van der Waals surface area contributed by atoms with E-state index in [4.69, 9.17) is 9.47 Å². The molecule has 144 valence electrons. The van der Waals surface area contributed by atoms with Gasteiger partial charge >= 0.3 is 11.9 Å². The highest BCUT2D eigenvalue weighted by Gasteiger charge is 2.29. The highest BCUT2D eigenvalue weighted by atomic mass is 32.1. The van der Waals surface area contributed by atoms with E-state index in [1.807, 2.05) is 0 Å². The molecule has 0 aromatic carbocycles. The number of aromatic nitrogens is 2. The average molecular weight is 391 g/mol. The quantitative estimate of drug-likeness (QED) is 0.760. The van der Waals surface area contributed by atoms with Crippen LogP contribution in [-0.4, -0.2) is 40.8 Å². The number of hydrogen-bond acceptors (Lipinski definition) is 7. The third-order valence-electron chi connectivity index (χ3n) is 4.22. The van der Waals surface area contributed by atoms with E-state index < -0.39 is 17.8 Å². The van der Waals surface area contributed by atoms with Crippen molar-refractivity contribution < 1.29 is 23.9 Å². The molecule has 0 saturated heterocycles. The van der Waals surface area contributed by atoms with E-state index in [0.717, 1.165) is 29.7 Å². The summed E-state index contributed by atoms with van der Waals surface area (Å²) >= 11 is 1.40. The van der Waals surface area contributed by atoms with Crippen LogP contribution in [0.4, 0.5) is 5.00 Å². The van der Waals surface area contributed by atoms with Crippen LogP contribution in [0.15, 0.2) is 6.07 Å². The maximum absolute atomic E-state index is 12.7. The summed E-state index contributed by atoms with van der Waals surface area (Å²) in [7, 11) is 1.57. The van der Waals surface area contributed by atoms with Gasteiger partial charge in [0.05, 0.1) is 18.8 Å². The van der Waals surface area contributed by atoms with E-state index in [-0.39, 0.29) is 24.6 Å². The summed E-state index contributed by atoms with van der Waals surface area (Å²) in [6, 6.07) is 1.37. The molecule has 2 aromatic heterocycles. The molecule has 1 N–H and O–H groups in total. The van der Waals surface area contributed by atoms with Crippen molar-refractivity contribution in [2.24, 2.45) is 7.05 Å². The fourth-order valence-electron chi connectivity index (χ4n) is 3.06. The molecule has 2 heterocycles. The smallest absolute Gasteiger partial charge is 0.358 e. The number of esters is 2. The number of nitrogens with zero attached hydrogens (tertiary/aromatic N) is 2. The summed E-state index contributed by atoms with van der Waals surface area (Å²) in [5.41, 5.74) is 1.66. The second-order valence-electron chi connectivity index (χ2n) is 5.99. The van der Waals surface area contributed by atoms with Gasteiger partial charge in [0, 0.05) is 18.0 Å². The molecule has 0 bridgehead atoms. The first kappa shape index (κ1) is 19.1.